The van der Waals surface area contributed by atoms with Gasteiger partial charge in [0, 0.05) is 5.69 Å². The Hall–Kier alpha value is -2.82. The SMILES string of the molecule is Cc1ccc(NC(=O)Cc2ccc3c(c2NC(=O)OC(C)(C)C)C(C)(C)CCC3(C)C)cc1. The number of ether oxygens (including phenoxy) is 1. The van der Waals surface area contributed by atoms with Crippen molar-refractivity contribution in [2.45, 2.75) is 91.1 Å². The summed E-state index contributed by atoms with van der Waals surface area (Å²) in [6, 6.07) is 11.8. The number of carbonyl (C=O) groups excluding carboxylic acids is 2. The number of anilines is 2. The maximum absolute atomic E-state index is 12.9. The van der Waals surface area contributed by atoms with Gasteiger partial charge in [0.1, 0.15) is 5.60 Å². The minimum atomic E-state index is -0.614. The van der Waals surface area contributed by atoms with Crippen molar-refractivity contribution >= 4 is 23.4 Å². The summed E-state index contributed by atoms with van der Waals surface area (Å²) in [6.45, 7) is 16.4. The van der Waals surface area contributed by atoms with Gasteiger partial charge in [-0.1, -0.05) is 57.5 Å². The van der Waals surface area contributed by atoms with Gasteiger partial charge in [0.2, 0.25) is 5.91 Å². The van der Waals surface area contributed by atoms with Gasteiger partial charge in [0.25, 0.3) is 0 Å². The summed E-state index contributed by atoms with van der Waals surface area (Å²) in [6.07, 6.45) is 1.71. The molecule has 0 fully saturated rings. The number of rotatable bonds is 4. The Morgan fingerprint density at radius 3 is 2.12 bits per heavy atom. The summed E-state index contributed by atoms with van der Waals surface area (Å²) in [4.78, 5) is 25.7. The largest absolute Gasteiger partial charge is 0.444 e. The molecule has 0 heterocycles. The van der Waals surface area contributed by atoms with E-state index in [2.05, 4.69) is 44.4 Å². The lowest BCUT2D eigenvalue weighted by Crippen LogP contribution is -2.36. The highest BCUT2D eigenvalue weighted by Gasteiger charge is 2.40. The van der Waals surface area contributed by atoms with Crippen LogP contribution in [0.5, 0.6) is 0 Å². The summed E-state index contributed by atoms with van der Waals surface area (Å²) in [7, 11) is 0. The van der Waals surface area contributed by atoms with E-state index < -0.39 is 11.7 Å². The predicted molar refractivity (Wildman–Crippen MR) is 135 cm³/mol. The van der Waals surface area contributed by atoms with Crippen LogP contribution in [0.4, 0.5) is 16.2 Å². The fraction of sp³-hybridized carbons (Fsp3) is 0.500. The molecule has 3 rings (SSSR count). The first-order chi connectivity index (χ1) is 15.2. The quantitative estimate of drug-likeness (QED) is 0.534. The third kappa shape index (κ3) is 5.95. The van der Waals surface area contributed by atoms with E-state index in [0.717, 1.165) is 35.2 Å². The Balaban J connectivity index is 2.01. The number of aryl methyl sites for hydroxylation is 1. The summed E-state index contributed by atoms with van der Waals surface area (Å²) in [5.74, 6) is -0.126. The molecule has 2 N–H and O–H groups in total. The standard InChI is InChI=1S/C28H38N2O3/c1-18-9-12-20(13-10-18)29-22(31)17-19-11-14-21-23(28(7,8)16-15-27(21,5)6)24(19)30-25(32)33-26(2,3)4/h9-14H,15-17H2,1-8H3,(H,29,31)(H,30,32). The summed E-state index contributed by atoms with van der Waals surface area (Å²) in [5.41, 5.74) is 4.93. The normalized spacial score (nSPS) is 16.5. The number of amides is 2. The lowest BCUT2D eigenvalue weighted by molar-refractivity contribution is -0.115. The van der Waals surface area contributed by atoms with Crippen LogP contribution in [-0.4, -0.2) is 17.6 Å². The summed E-state index contributed by atoms with van der Waals surface area (Å²) >= 11 is 0. The topological polar surface area (TPSA) is 67.4 Å². The molecule has 5 nitrogen and oxygen atoms in total. The molecule has 0 aliphatic heterocycles. The summed E-state index contributed by atoms with van der Waals surface area (Å²) < 4.78 is 5.57. The highest BCUT2D eigenvalue weighted by Crippen LogP contribution is 2.49. The molecule has 1 aliphatic rings. The molecule has 0 spiro atoms. The van der Waals surface area contributed by atoms with Gasteiger partial charge in [-0.2, -0.15) is 0 Å². The second kappa shape index (κ2) is 8.85. The molecule has 2 aromatic rings. The third-order valence-corrected chi connectivity index (χ3v) is 6.38. The monoisotopic (exact) mass is 450 g/mol. The van der Waals surface area contributed by atoms with E-state index in [0.29, 0.717) is 5.69 Å². The van der Waals surface area contributed by atoms with Crippen molar-refractivity contribution in [2.75, 3.05) is 10.6 Å². The summed E-state index contributed by atoms with van der Waals surface area (Å²) in [5, 5.41) is 5.99. The highest BCUT2D eigenvalue weighted by atomic mass is 16.6. The molecule has 0 saturated heterocycles. The van der Waals surface area contributed by atoms with Gasteiger partial charge in [-0.05, 0) is 80.2 Å². The molecule has 1 aliphatic carbocycles. The van der Waals surface area contributed by atoms with Crippen molar-refractivity contribution in [1.82, 2.24) is 0 Å². The van der Waals surface area contributed by atoms with Crippen LogP contribution in [0.15, 0.2) is 36.4 Å². The first-order valence-corrected chi connectivity index (χ1v) is 11.7. The zero-order chi connectivity index (χ0) is 24.6. The fourth-order valence-electron chi connectivity index (χ4n) is 4.51. The van der Waals surface area contributed by atoms with Crippen molar-refractivity contribution in [2.24, 2.45) is 0 Å². The highest BCUT2D eigenvalue weighted by molar-refractivity contribution is 5.95. The van der Waals surface area contributed by atoms with Crippen molar-refractivity contribution in [1.29, 1.82) is 0 Å². The molecule has 2 amide bonds. The van der Waals surface area contributed by atoms with Crippen LogP contribution in [0.1, 0.15) is 83.6 Å². The molecule has 0 aromatic heterocycles. The van der Waals surface area contributed by atoms with Crippen molar-refractivity contribution in [3.05, 3.63) is 58.7 Å². The van der Waals surface area contributed by atoms with Gasteiger partial charge in [-0.25, -0.2) is 4.79 Å². The second-order valence-corrected chi connectivity index (χ2v) is 11.5. The van der Waals surface area contributed by atoms with Crippen LogP contribution in [0.3, 0.4) is 0 Å². The van der Waals surface area contributed by atoms with E-state index >= 15 is 0 Å². The average molecular weight is 451 g/mol. The smallest absolute Gasteiger partial charge is 0.412 e. The number of hydrogen-bond acceptors (Lipinski definition) is 3. The van der Waals surface area contributed by atoms with Gasteiger partial charge in [0.15, 0.2) is 0 Å². The molecule has 33 heavy (non-hydrogen) atoms. The van der Waals surface area contributed by atoms with Crippen LogP contribution in [0, 0.1) is 6.92 Å². The maximum atomic E-state index is 12.9. The van der Waals surface area contributed by atoms with E-state index in [1.54, 1.807) is 0 Å². The number of benzene rings is 2. The van der Waals surface area contributed by atoms with E-state index in [9.17, 15) is 9.59 Å². The number of nitrogens with one attached hydrogen (secondary N) is 2. The molecule has 5 heteroatoms. The van der Waals surface area contributed by atoms with Gasteiger partial charge in [-0.15, -0.1) is 0 Å². The Morgan fingerprint density at radius 1 is 0.909 bits per heavy atom. The van der Waals surface area contributed by atoms with E-state index in [1.165, 1.54) is 5.56 Å². The number of carbonyl (C=O) groups is 2. The first-order valence-electron chi connectivity index (χ1n) is 11.7. The molecule has 2 aromatic carbocycles. The van der Waals surface area contributed by atoms with E-state index in [4.69, 9.17) is 4.74 Å². The van der Waals surface area contributed by atoms with Crippen LogP contribution >= 0.6 is 0 Å². The Morgan fingerprint density at radius 2 is 1.52 bits per heavy atom. The van der Waals surface area contributed by atoms with E-state index in [-0.39, 0.29) is 23.2 Å². The average Bonchev–Trinajstić information content (AvgIpc) is 2.67. The van der Waals surface area contributed by atoms with Crippen molar-refractivity contribution in [3.8, 4) is 0 Å². The molecular weight excluding hydrogens is 412 g/mol. The lowest BCUT2D eigenvalue weighted by Gasteiger charge is -2.43. The van der Waals surface area contributed by atoms with Gasteiger partial charge in [0.05, 0.1) is 12.1 Å². The first kappa shape index (κ1) is 24.8. The van der Waals surface area contributed by atoms with Gasteiger partial charge >= 0.3 is 6.09 Å². The second-order valence-electron chi connectivity index (χ2n) is 11.5. The third-order valence-electron chi connectivity index (χ3n) is 6.38. The van der Waals surface area contributed by atoms with Crippen LogP contribution < -0.4 is 10.6 Å². The Kier molecular flexibility index (Phi) is 6.65. The maximum Gasteiger partial charge on any atom is 0.412 e. The molecule has 0 saturated carbocycles. The van der Waals surface area contributed by atoms with Gasteiger partial charge in [-0.3, -0.25) is 10.1 Å². The minimum absolute atomic E-state index is 0.0160. The van der Waals surface area contributed by atoms with Crippen LogP contribution in [-0.2, 0) is 26.8 Å². The number of fused-ring (bicyclic) bond motifs is 1. The number of hydrogen-bond donors (Lipinski definition) is 2. The molecule has 0 bridgehead atoms. The van der Waals surface area contributed by atoms with Crippen LogP contribution in [0.2, 0.25) is 0 Å². The van der Waals surface area contributed by atoms with Crippen LogP contribution in [0.25, 0.3) is 0 Å². The van der Waals surface area contributed by atoms with E-state index in [1.807, 2.05) is 58.0 Å². The molecular formula is C28H38N2O3. The lowest BCUT2D eigenvalue weighted by atomic mass is 9.62. The molecule has 0 atom stereocenters. The Bertz CT molecular complexity index is 1040. The van der Waals surface area contributed by atoms with Crippen molar-refractivity contribution < 1.29 is 14.3 Å². The van der Waals surface area contributed by atoms with Crippen molar-refractivity contribution in [3.63, 3.8) is 0 Å². The molecule has 0 unspecified atom stereocenters. The fourth-order valence-corrected chi connectivity index (χ4v) is 4.51. The molecule has 0 radical (unpaired) electrons. The predicted octanol–water partition coefficient (Wildman–Crippen LogP) is 6.87. The Labute approximate surface area is 198 Å². The minimum Gasteiger partial charge on any atom is -0.444 e. The molecule has 178 valence electrons. The zero-order valence-corrected chi connectivity index (χ0v) is 21.3. The van der Waals surface area contributed by atoms with Gasteiger partial charge < -0.3 is 10.1 Å². The zero-order valence-electron chi connectivity index (χ0n) is 21.3.